The van der Waals surface area contributed by atoms with Crippen LogP contribution in [0.5, 0.6) is 0 Å². The zero-order valence-electron chi connectivity index (χ0n) is 10.4. The van der Waals surface area contributed by atoms with Crippen molar-refractivity contribution in [2.24, 2.45) is 0 Å². The smallest absolute Gasteiger partial charge is 0.0776 e. The normalized spacial score (nSPS) is 12.8. The van der Waals surface area contributed by atoms with Crippen molar-refractivity contribution in [1.29, 1.82) is 0 Å². The number of benzene rings is 1. The van der Waals surface area contributed by atoms with Crippen LogP contribution in [0.4, 0.5) is 0 Å². The minimum Gasteiger partial charge on any atom is -0.389 e. The van der Waals surface area contributed by atoms with Gasteiger partial charge in [-0.3, -0.25) is 0 Å². The SMILES string of the molecule is Cc1nn(-c2ccc(C(C)O)c(Cl)c2)c(C)c1Br. The lowest BCUT2D eigenvalue weighted by atomic mass is 10.1. The first-order valence-corrected chi connectivity index (χ1v) is 6.78. The summed E-state index contributed by atoms with van der Waals surface area (Å²) in [6, 6.07) is 5.54. The maximum Gasteiger partial charge on any atom is 0.0776 e. The summed E-state index contributed by atoms with van der Waals surface area (Å²) in [5.74, 6) is 0. The molecule has 1 atom stereocenters. The van der Waals surface area contributed by atoms with Gasteiger partial charge in [0.25, 0.3) is 0 Å². The van der Waals surface area contributed by atoms with Gasteiger partial charge in [0, 0.05) is 5.02 Å². The Balaban J connectivity index is 2.52. The second-order valence-electron chi connectivity index (χ2n) is 4.28. The Morgan fingerprint density at radius 3 is 2.50 bits per heavy atom. The van der Waals surface area contributed by atoms with Crippen LogP contribution in [0, 0.1) is 13.8 Å². The van der Waals surface area contributed by atoms with Gasteiger partial charge in [0.2, 0.25) is 0 Å². The van der Waals surface area contributed by atoms with Gasteiger partial charge in [-0.1, -0.05) is 17.7 Å². The third-order valence-corrected chi connectivity index (χ3v) is 4.36. The molecule has 0 amide bonds. The van der Waals surface area contributed by atoms with Crippen LogP contribution >= 0.6 is 27.5 Å². The highest BCUT2D eigenvalue weighted by Crippen LogP contribution is 2.28. The highest BCUT2D eigenvalue weighted by molar-refractivity contribution is 9.10. The number of aliphatic hydroxyl groups is 1. The summed E-state index contributed by atoms with van der Waals surface area (Å²) in [5.41, 5.74) is 3.56. The number of aliphatic hydroxyl groups excluding tert-OH is 1. The lowest BCUT2D eigenvalue weighted by Crippen LogP contribution is -2.01. The van der Waals surface area contributed by atoms with Crippen LogP contribution in [0.3, 0.4) is 0 Å². The van der Waals surface area contributed by atoms with Gasteiger partial charge >= 0.3 is 0 Å². The van der Waals surface area contributed by atoms with Crippen molar-refractivity contribution >= 4 is 27.5 Å². The van der Waals surface area contributed by atoms with Gasteiger partial charge < -0.3 is 5.11 Å². The molecule has 96 valence electrons. The number of aryl methyl sites for hydroxylation is 1. The van der Waals surface area contributed by atoms with Crippen LogP contribution in [-0.4, -0.2) is 14.9 Å². The van der Waals surface area contributed by atoms with E-state index in [-0.39, 0.29) is 0 Å². The first-order chi connectivity index (χ1) is 8.41. The molecule has 0 saturated carbocycles. The zero-order valence-corrected chi connectivity index (χ0v) is 12.7. The third kappa shape index (κ3) is 2.32. The molecular weight excluding hydrogens is 316 g/mol. The first kappa shape index (κ1) is 13.6. The molecule has 0 bridgehead atoms. The minimum atomic E-state index is -0.571. The van der Waals surface area contributed by atoms with E-state index >= 15 is 0 Å². The van der Waals surface area contributed by atoms with Crippen LogP contribution < -0.4 is 0 Å². The minimum absolute atomic E-state index is 0.547. The first-order valence-electron chi connectivity index (χ1n) is 5.61. The molecule has 3 nitrogen and oxygen atoms in total. The Bertz CT molecular complexity index is 593. The molecule has 0 saturated heterocycles. The quantitative estimate of drug-likeness (QED) is 0.905. The largest absolute Gasteiger partial charge is 0.389 e. The second-order valence-corrected chi connectivity index (χ2v) is 5.48. The van der Waals surface area contributed by atoms with Crippen LogP contribution in [0.25, 0.3) is 5.69 Å². The molecule has 1 aromatic heterocycles. The van der Waals surface area contributed by atoms with E-state index in [1.54, 1.807) is 6.92 Å². The van der Waals surface area contributed by atoms with Crippen molar-refractivity contribution in [2.75, 3.05) is 0 Å². The molecule has 1 aromatic carbocycles. The molecule has 0 aliphatic carbocycles. The van der Waals surface area contributed by atoms with Crippen molar-refractivity contribution in [2.45, 2.75) is 26.9 Å². The molecule has 5 heteroatoms. The van der Waals surface area contributed by atoms with E-state index in [2.05, 4.69) is 21.0 Å². The number of rotatable bonds is 2. The van der Waals surface area contributed by atoms with Gasteiger partial charge in [0.1, 0.15) is 0 Å². The summed E-state index contributed by atoms with van der Waals surface area (Å²) < 4.78 is 2.83. The second kappa shape index (κ2) is 5.03. The summed E-state index contributed by atoms with van der Waals surface area (Å²) >= 11 is 9.66. The van der Waals surface area contributed by atoms with Gasteiger partial charge in [0.15, 0.2) is 0 Å². The summed E-state index contributed by atoms with van der Waals surface area (Å²) in [5, 5.41) is 14.5. The lowest BCUT2D eigenvalue weighted by molar-refractivity contribution is 0.199. The molecule has 0 spiro atoms. The van der Waals surface area contributed by atoms with Gasteiger partial charge in [-0.25, -0.2) is 4.68 Å². The molecule has 0 aliphatic heterocycles. The molecule has 1 unspecified atom stereocenters. The lowest BCUT2D eigenvalue weighted by Gasteiger charge is -2.10. The van der Waals surface area contributed by atoms with E-state index in [0.717, 1.165) is 27.1 Å². The number of halogens is 2. The molecule has 1 N–H and O–H groups in total. The topological polar surface area (TPSA) is 38.0 Å². The van der Waals surface area contributed by atoms with Crippen molar-refractivity contribution in [3.05, 3.63) is 44.6 Å². The average Bonchev–Trinajstić information content (AvgIpc) is 2.56. The molecule has 0 aliphatic rings. The number of hydrogen-bond acceptors (Lipinski definition) is 2. The number of aromatic nitrogens is 2. The molecule has 2 aromatic rings. The molecule has 0 radical (unpaired) electrons. The fourth-order valence-corrected chi connectivity index (χ4v) is 2.44. The van der Waals surface area contributed by atoms with Crippen LogP contribution in [0.15, 0.2) is 22.7 Å². The van der Waals surface area contributed by atoms with Crippen LogP contribution in [-0.2, 0) is 0 Å². The van der Waals surface area contributed by atoms with Gasteiger partial charge in [-0.2, -0.15) is 5.10 Å². The van der Waals surface area contributed by atoms with Gasteiger partial charge in [0.05, 0.1) is 27.7 Å². The van der Waals surface area contributed by atoms with Crippen LogP contribution in [0.1, 0.15) is 30.0 Å². The highest BCUT2D eigenvalue weighted by atomic mass is 79.9. The standard InChI is InChI=1S/C13H14BrClN2O/c1-7-13(14)8(2)17(16-7)10-4-5-11(9(3)18)12(15)6-10/h4-6,9,18H,1-3H3. The van der Waals surface area contributed by atoms with Crippen molar-refractivity contribution < 1.29 is 5.11 Å². The maximum absolute atomic E-state index is 9.55. The highest BCUT2D eigenvalue weighted by Gasteiger charge is 2.12. The fraction of sp³-hybridized carbons (Fsp3) is 0.308. The van der Waals surface area contributed by atoms with E-state index in [1.807, 2.05) is 36.7 Å². The van der Waals surface area contributed by atoms with E-state index in [9.17, 15) is 5.11 Å². The summed E-state index contributed by atoms with van der Waals surface area (Å²) in [6.45, 7) is 5.63. The Hall–Kier alpha value is -0.840. The Morgan fingerprint density at radius 1 is 1.39 bits per heavy atom. The van der Waals surface area contributed by atoms with Gasteiger partial charge in [-0.15, -0.1) is 0 Å². The summed E-state index contributed by atoms with van der Waals surface area (Å²) in [6.07, 6.45) is -0.571. The van der Waals surface area contributed by atoms with Crippen molar-refractivity contribution in [1.82, 2.24) is 9.78 Å². The van der Waals surface area contributed by atoms with E-state index in [1.165, 1.54) is 0 Å². The molecule has 1 heterocycles. The summed E-state index contributed by atoms with van der Waals surface area (Å²) in [4.78, 5) is 0. The maximum atomic E-state index is 9.55. The Kier molecular flexibility index (Phi) is 3.80. The van der Waals surface area contributed by atoms with E-state index < -0.39 is 6.10 Å². The van der Waals surface area contributed by atoms with Gasteiger partial charge in [-0.05, 0) is 54.4 Å². The van der Waals surface area contributed by atoms with E-state index in [4.69, 9.17) is 11.6 Å². The Labute approximate surface area is 120 Å². The predicted molar refractivity (Wildman–Crippen MR) is 76.4 cm³/mol. The Morgan fingerprint density at radius 2 is 2.06 bits per heavy atom. The van der Waals surface area contributed by atoms with Crippen molar-refractivity contribution in [3.8, 4) is 5.69 Å². The molecule has 18 heavy (non-hydrogen) atoms. The summed E-state index contributed by atoms with van der Waals surface area (Å²) in [7, 11) is 0. The number of nitrogens with zero attached hydrogens (tertiary/aromatic N) is 2. The fourth-order valence-electron chi connectivity index (χ4n) is 1.86. The average molecular weight is 330 g/mol. The van der Waals surface area contributed by atoms with Crippen LogP contribution in [0.2, 0.25) is 5.02 Å². The van der Waals surface area contributed by atoms with E-state index in [0.29, 0.717) is 5.02 Å². The molecular formula is C13H14BrClN2O. The van der Waals surface area contributed by atoms with Crippen molar-refractivity contribution in [3.63, 3.8) is 0 Å². The molecule has 2 rings (SSSR count). The third-order valence-electron chi connectivity index (χ3n) is 2.88. The number of hydrogen-bond donors (Lipinski definition) is 1. The monoisotopic (exact) mass is 328 g/mol. The molecule has 0 fully saturated rings. The zero-order chi connectivity index (χ0) is 13.4. The predicted octanol–water partition coefficient (Wildman–Crippen LogP) is 3.96.